The largest absolute Gasteiger partial charge is 0.395 e. The summed E-state index contributed by atoms with van der Waals surface area (Å²) in [5, 5.41) is 9.39. The van der Waals surface area contributed by atoms with Crippen LogP contribution in [0.5, 0.6) is 0 Å². The summed E-state index contributed by atoms with van der Waals surface area (Å²) in [4.78, 5) is 6.37. The van der Waals surface area contributed by atoms with Gasteiger partial charge < -0.3 is 5.11 Å². The van der Waals surface area contributed by atoms with Crippen LogP contribution in [0.25, 0.3) is 0 Å². The summed E-state index contributed by atoms with van der Waals surface area (Å²) >= 11 is 1.96. The maximum atomic E-state index is 9.39. The van der Waals surface area contributed by atoms with Crippen molar-refractivity contribution in [2.75, 3.05) is 45.1 Å². The number of aryl methyl sites for hydroxylation is 2. The fourth-order valence-corrected chi connectivity index (χ4v) is 3.96. The molecule has 1 unspecified atom stereocenters. The number of benzene rings is 1. The number of nitrogens with zero attached hydrogens (tertiary/aromatic N) is 2. The van der Waals surface area contributed by atoms with Gasteiger partial charge in [-0.25, -0.2) is 0 Å². The third kappa shape index (κ3) is 4.98. The highest BCUT2D eigenvalue weighted by molar-refractivity contribution is 7.99. The maximum absolute atomic E-state index is 9.39. The molecule has 0 bridgehead atoms. The van der Waals surface area contributed by atoms with E-state index in [1.807, 2.05) is 11.8 Å². The molecule has 0 spiro atoms. The van der Waals surface area contributed by atoms with Crippen LogP contribution in [-0.2, 0) is 0 Å². The minimum Gasteiger partial charge on any atom is -0.395 e. The summed E-state index contributed by atoms with van der Waals surface area (Å²) in [6, 6.07) is 7.10. The van der Waals surface area contributed by atoms with E-state index in [2.05, 4.69) is 48.8 Å². The lowest BCUT2D eigenvalue weighted by molar-refractivity contribution is 0.0661. The van der Waals surface area contributed by atoms with E-state index < -0.39 is 0 Å². The minimum atomic E-state index is 0.291. The molecule has 1 aromatic carbocycles. The van der Waals surface area contributed by atoms with E-state index in [1.54, 1.807) is 0 Å². The molecule has 2 rings (SSSR count). The van der Waals surface area contributed by atoms with Gasteiger partial charge in [0.1, 0.15) is 0 Å². The first kappa shape index (κ1) is 17.8. The molecule has 1 fully saturated rings. The Labute approximate surface area is 139 Å². The Morgan fingerprint density at radius 2 is 1.86 bits per heavy atom. The third-order valence-corrected chi connectivity index (χ3v) is 5.73. The van der Waals surface area contributed by atoms with E-state index >= 15 is 0 Å². The fourth-order valence-electron chi connectivity index (χ4n) is 2.95. The molecule has 0 radical (unpaired) electrons. The van der Waals surface area contributed by atoms with Crippen molar-refractivity contribution in [2.45, 2.75) is 38.1 Å². The van der Waals surface area contributed by atoms with Crippen molar-refractivity contribution in [1.82, 2.24) is 9.80 Å². The van der Waals surface area contributed by atoms with Crippen LogP contribution >= 0.6 is 11.8 Å². The van der Waals surface area contributed by atoms with Gasteiger partial charge in [-0.3, -0.25) is 9.80 Å². The zero-order valence-electron chi connectivity index (χ0n) is 14.2. The summed E-state index contributed by atoms with van der Waals surface area (Å²) in [6.45, 7) is 12.4. The molecule has 3 nitrogen and oxygen atoms in total. The average molecular weight is 323 g/mol. The van der Waals surface area contributed by atoms with Gasteiger partial charge in [-0.05, 0) is 43.5 Å². The number of piperazine rings is 1. The molecule has 0 amide bonds. The van der Waals surface area contributed by atoms with Gasteiger partial charge >= 0.3 is 0 Å². The average Bonchev–Trinajstić information content (AvgIpc) is 2.53. The lowest BCUT2D eigenvalue weighted by Crippen LogP contribution is -2.51. The van der Waals surface area contributed by atoms with Crippen molar-refractivity contribution < 1.29 is 5.11 Å². The van der Waals surface area contributed by atoms with E-state index in [9.17, 15) is 5.11 Å². The monoisotopic (exact) mass is 322 g/mol. The fraction of sp³-hybridized carbons (Fsp3) is 0.667. The molecule has 1 saturated heterocycles. The van der Waals surface area contributed by atoms with Crippen LogP contribution in [0.4, 0.5) is 0 Å². The highest BCUT2D eigenvalue weighted by Crippen LogP contribution is 2.21. The first-order valence-corrected chi connectivity index (χ1v) is 9.40. The number of hydrogen-bond donors (Lipinski definition) is 1. The number of aliphatic hydroxyl groups is 1. The predicted molar refractivity (Wildman–Crippen MR) is 95.8 cm³/mol. The third-order valence-electron chi connectivity index (χ3n) is 4.76. The lowest BCUT2D eigenvalue weighted by atomic mass is 10.1. The highest BCUT2D eigenvalue weighted by Gasteiger charge is 2.21. The van der Waals surface area contributed by atoms with Crippen molar-refractivity contribution in [3.8, 4) is 0 Å². The molecule has 124 valence electrons. The molecule has 22 heavy (non-hydrogen) atoms. The van der Waals surface area contributed by atoms with Gasteiger partial charge in [0.25, 0.3) is 0 Å². The molecule has 1 aliphatic heterocycles. The van der Waals surface area contributed by atoms with Gasteiger partial charge in [0, 0.05) is 49.4 Å². The van der Waals surface area contributed by atoms with E-state index in [0.29, 0.717) is 12.6 Å². The second-order valence-electron chi connectivity index (χ2n) is 6.22. The number of hydrogen-bond acceptors (Lipinski definition) is 4. The second kappa shape index (κ2) is 8.92. The number of rotatable bonds is 7. The smallest absolute Gasteiger partial charge is 0.0586 e. The summed E-state index contributed by atoms with van der Waals surface area (Å²) in [5.41, 5.74) is 2.75. The molecular formula is C18H30N2OS. The Bertz CT molecular complexity index is 454. The quantitative estimate of drug-likeness (QED) is 0.781. The van der Waals surface area contributed by atoms with Crippen molar-refractivity contribution >= 4 is 11.8 Å². The van der Waals surface area contributed by atoms with E-state index in [-0.39, 0.29) is 0 Å². The topological polar surface area (TPSA) is 26.7 Å². The van der Waals surface area contributed by atoms with Gasteiger partial charge in [0.15, 0.2) is 0 Å². The zero-order chi connectivity index (χ0) is 15.9. The number of thioether (sulfide) groups is 1. The van der Waals surface area contributed by atoms with Crippen molar-refractivity contribution in [1.29, 1.82) is 0 Å². The van der Waals surface area contributed by atoms with Crippen molar-refractivity contribution in [2.24, 2.45) is 0 Å². The molecule has 4 heteroatoms. The van der Waals surface area contributed by atoms with E-state index in [4.69, 9.17) is 0 Å². The summed E-state index contributed by atoms with van der Waals surface area (Å²) in [7, 11) is 0. The van der Waals surface area contributed by atoms with Gasteiger partial charge in [0.2, 0.25) is 0 Å². The summed E-state index contributed by atoms with van der Waals surface area (Å²) in [6.07, 6.45) is 1.04. The molecule has 1 N–H and O–H groups in total. The summed E-state index contributed by atoms with van der Waals surface area (Å²) < 4.78 is 0. The van der Waals surface area contributed by atoms with Crippen LogP contribution < -0.4 is 0 Å². The van der Waals surface area contributed by atoms with Crippen LogP contribution in [0.15, 0.2) is 23.1 Å². The van der Waals surface area contributed by atoms with Crippen molar-refractivity contribution in [3.63, 3.8) is 0 Å². The highest BCUT2D eigenvalue weighted by atomic mass is 32.2. The molecule has 0 saturated carbocycles. The second-order valence-corrected chi connectivity index (χ2v) is 7.39. The summed E-state index contributed by atoms with van der Waals surface area (Å²) in [5.74, 6) is 1.15. The Kier molecular flexibility index (Phi) is 7.22. The molecular weight excluding hydrogens is 292 g/mol. The Morgan fingerprint density at radius 3 is 2.45 bits per heavy atom. The molecule has 1 aromatic rings. The van der Waals surface area contributed by atoms with Crippen LogP contribution in [0, 0.1) is 13.8 Å². The molecule has 1 atom stereocenters. The molecule has 1 aliphatic rings. The van der Waals surface area contributed by atoms with Crippen molar-refractivity contribution in [3.05, 3.63) is 29.3 Å². The Hall–Kier alpha value is -0.550. The Morgan fingerprint density at radius 1 is 1.14 bits per heavy atom. The van der Waals surface area contributed by atoms with Crippen LogP contribution in [0.3, 0.4) is 0 Å². The normalized spacial score (nSPS) is 18.5. The standard InChI is InChI=1S/C18H30N2OS/c1-4-17(14-21)20-9-7-19(8-10-20)11-12-22-18-6-5-15(2)16(3)13-18/h5-6,13,17,21H,4,7-12,14H2,1-3H3. The van der Waals surface area contributed by atoms with Crippen LogP contribution in [0.2, 0.25) is 0 Å². The maximum Gasteiger partial charge on any atom is 0.0586 e. The predicted octanol–water partition coefficient (Wildman–Crippen LogP) is 2.78. The van der Waals surface area contributed by atoms with E-state index in [0.717, 1.165) is 44.9 Å². The first-order valence-electron chi connectivity index (χ1n) is 8.41. The minimum absolute atomic E-state index is 0.291. The van der Waals surface area contributed by atoms with E-state index in [1.165, 1.54) is 16.0 Å². The number of aliphatic hydroxyl groups excluding tert-OH is 1. The molecule has 1 heterocycles. The van der Waals surface area contributed by atoms with Gasteiger partial charge in [-0.1, -0.05) is 13.0 Å². The SMILES string of the molecule is CCC(CO)N1CCN(CCSc2ccc(C)c(C)c2)CC1. The van der Waals surface area contributed by atoms with Crippen LogP contribution in [-0.4, -0.2) is 66.0 Å². The van der Waals surface area contributed by atoms with Crippen LogP contribution in [0.1, 0.15) is 24.5 Å². The zero-order valence-corrected chi connectivity index (χ0v) is 15.0. The lowest BCUT2D eigenvalue weighted by Gasteiger charge is -2.38. The molecule has 0 aliphatic carbocycles. The molecule has 0 aromatic heterocycles. The van der Waals surface area contributed by atoms with Gasteiger partial charge in [0.05, 0.1) is 6.61 Å². The first-order chi connectivity index (χ1) is 10.6. The van der Waals surface area contributed by atoms with Gasteiger partial charge in [-0.2, -0.15) is 0 Å². The van der Waals surface area contributed by atoms with Gasteiger partial charge in [-0.15, -0.1) is 11.8 Å². The Balaban J connectivity index is 1.69.